The number of nitrogens with one attached hydrogen (secondary N) is 1. The molecule has 0 radical (unpaired) electrons. The Morgan fingerprint density at radius 1 is 1.36 bits per heavy atom. The predicted octanol–water partition coefficient (Wildman–Crippen LogP) is 2.63. The van der Waals surface area contributed by atoms with Crippen molar-refractivity contribution < 1.29 is 9.59 Å². The summed E-state index contributed by atoms with van der Waals surface area (Å²) in [5, 5.41) is 3.21. The second kappa shape index (κ2) is 8.25. The van der Waals surface area contributed by atoms with Gasteiger partial charge in [0.2, 0.25) is 0 Å². The van der Waals surface area contributed by atoms with Crippen molar-refractivity contribution in [2.24, 2.45) is 5.73 Å². The van der Waals surface area contributed by atoms with Crippen molar-refractivity contribution in [3.05, 3.63) is 28.8 Å². The first kappa shape index (κ1) is 19.8. The lowest BCUT2D eigenvalue weighted by Crippen LogP contribution is -2.51. The van der Waals surface area contributed by atoms with Gasteiger partial charge in [-0.2, -0.15) is 0 Å². The van der Waals surface area contributed by atoms with Gasteiger partial charge in [-0.15, -0.1) is 12.4 Å². The fourth-order valence-corrected chi connectivity index (χ4v) is 3.70. The van der Waals surface area contributed by atoms with E-state index in [4.69, 9.17) is 17.3 Å². The molecule has 2 heterocycles. The number of carbonyl (C=O) groups is 2. The van der Waals surface area contributed by atoms with Crippen molar-refractivity contribution in [2.75, 3.05) is 24.5 Å². The van der Waals surface area contributed by atoms with Crippen molar-refractivity contribution in [1.82, 2.24) is 10.2 Å². The molecule has 0 bridgehead atoms. The Morgan fingerprint density at radius 3 is 2.76 bits per heavy atom. The van der Waals surface area contributed by atoms with E-state index in [0.717, 1.165) is 19.3 Å². The zero-order valence-corrected chi connectivity index (χ0v) is 15.8. The van der Waals surface area contributed by atoms with Gasteiger partial charge in [0.15, 0.2) is 0 Å². The van der Waals surface area contributed by atoms with Crippen LogP contribution in [-0.4, -0.2) is 48.6 Å². The summed E-state index contributed by atoms with van der Waals surface area (Å²) in [6.07, 6.45) is 3.01. The third-order valence-electron chi connectivity index (χ3n) is 4.76. The van der Waals surface area contributed by atoms with Crippen molar-refractivity contribution in [1.29, 1.82) is 0 Å². The number of rotatable bonds is 3. The molecule has 2 unspecified atom stereocenters. The second-order valence-corrected chi connectivity index (χ2v) is 6.88. The van der Waals surface area contributed by atoms with Gasteiger partial charge in [0.1, 0.15) is 0 Å². The van der Waals surface area contributed by atoms with Crippen LogP contribution in [0, 0.1) is 0 Å². The van der Waals surface area contributed by atoms with Gasteiger partial charge in [0.25, 0.3) is 5.91 Å². The van der Waals surface area contributed by atoms with Gasteiger partial charge in [0, 0.05) is 37.3 Å². The molecular formula is C17H24Cl2N4O2. The standard InChI is InChI=1S/C17H23ClN4O2.ClH/c1-11(19)14-4-2-3-8-21(14)16(23)12-5-6-13(18)15(10-12)22-9-7-20-17(22)24;/h5-6,10-11,14H,2-4,7-9,19H2,1H3,(H,20,24);1H. The second-order valence-electron chi connectivity index (χ2n) is 6.47. The van der Waals surface area contributed by atoms with Gasteiger partial charge in [-0.1, -0.05) is 11.6 Å². The largest absolute Gasteiger partial charge is 0.336 e. The zero-order chi connectivity index (χ0) is 17.3. The fraction of sp³-hybridized carbons (Fsp3) is 0.529. The molecule has 1 aromatic carbocycles. The summed E-state index contributed by atoms with van der Waals surface area (Å²) in [5.74, 6) is -0.0467. The van der Waals surface area contributed by atoms with Gasteiger partial charge in [0.05, 0.1) is 10.7 Å². The van der Waals surface area contributed by atoms with Crippen LogP contribution in [0.4, 0.5) is 10.5 Å². The molecule has 0 spiro atoms. The lowest BCUT2D eigenvalue weighted by molar-refractivity contribution is 0.0584. The summed E-state index contributed by atoms with van der Waals surface area (Å²) in [6, 6.07) is 4.91. The lowest BCUT2D eigenvalue weighted by atomic mass is 9.96. The summed E-state index contributed by atoms with van der Waals surface area (Å²) in [4.78, 5) is 28.3. The molecule has 0 saturated carbocycles. The molecule has 0 aliphatic carbocycles. The molecule has 2 fully saturated rings. The maximum atomic E-state index is 13.0. The third kappa shape index (κ3) is 4.02. The van der Waals surface area contributed by atoms with E-state index < -0.39 is 0 Å². The first-order valence-corrected chi connectivity index (χ1v) is 8.78. The number of nitrogens with zero attached hydrogens (tertiary/aromatic N) is 2. The average molecular weight is 387 g/mol. The predicted molar refractivity (Wildman–Crippen MR) is 102 cm³/mol. The lowest BCUT2D eigenvalue weighted by Gasteiger charge is -2.38. The van der Waals surface area contributed by atoms with Gasteiger partial charge in [-0.25, -0.2) is 4.79 Å². The van der Waals surface area contributed by atoms with Crippen molar-refractivity contribution in [2.45, 2.75) is 38.3 Å². The maximum Gasteiger partial charge on any atom is 0.322 e. The average Bonchev–Trinajstić information content (AvgIpc) is 3.00. The Kier molecular flexibility index (Phi) is 6.54. The van der Waals surface area contributed by atoms with E-state index in [1.807, 2.05) is 11.8 Å². The van der Waals surface area contributed by atoms with E-state index in [1.54, 1.807) is 23.1 Å². The SMILES string of the molecule is CC(N)C1CCCCN1C(=O)c1ccc(Cl)c(N2CCNC2=O)c1.Cl. The Labute approximate surface area is 159 Å². The van der Waals surface area contributed by atoms with E-state index in [1.165, 1.54) is 0 Å². The molecule has 25 heavy (non-hydrogen) atoms. The van der Waals surface area contributed by atoms with Crippen molar-refractivity contribution >= 4 is 41.6 Å². The quantitative estimate of drug-likeness (QED) is 0.837. The molecule has 0 aromatic heterocycles. The van der Waals surface area contributed by atoms with Crippen LogP contribution in [-0.2, 0) is 0 Å². The van der Waals surface area contributed by atoms with Crippen LogP contribution in [0.15, 0.2) is 18.2 Å². The Bertz CT molecular complexity index is 654. The summed E-state index contributed by atoms with van der Waals surface area (Å²) in [6.45, 7) is 3.78. The molecule has 8 heteroatoms. The minimum absolute atomic E-state index is 0. The number of anilines is 1. The number of hydrogen-bond donors (Lipinski definition) is 2. The van der Waals surface area contributed by atoms with Crippen LogP contribution in [0.25, 0.3) is 0 Å². The van der Waals surface area contributed by atoms with E-state index in [2.05, 4.69) is 5.32 Å². The summed E-state index contributed by atoms with van der Waals surface area (Å²) in [5.41, 5.74) is 7.19. The molecule has 1 aromatic rings. The first-order chi connectivity index (χ1) is 11.5. The van der Waals surface area contributed by atoms with Crippen LogP contribution >= 0.6 is 24.0 Å². The summed E-state index contributed by atoms with van der Waals surface area (Å²) < 4.78 is 0. The zero-order valence-electron chi connectivity index (χ0n) is 14.2. The third-order valence-corrected chi connectivity index (χ3v) is 5.08. The normalized spacial score (nSPS) is 21.6. The number of amides is 3. The molecule has 2 atom stereocenters. The van der Waals surface area contributed by atoms with E-state index in [9.17, 15) is 9.59 Å². The van der Waals surface area contributed by atoms with Gasteiger partial charge < -0.3 is 16.0 Å². The molecule has 3 amide bonds. The topological polar surface area (TPSA) is 78.7 Å². The van der Waals surface area contributed by atoms with Gasteiger partial charge >= 0.3 is 6.03 Å². The number of nitrogens with two attached hydrogens (primary N) is 1. The monoisotopic (exact) mass is 386 g/mol. The number of benzene rings is 1. The highest BCUT2D eigenvalue weighted by Gasteiger charge is 2.31. The number of halogens is 2. The van der Waals surface area contributed by atoms with Crippen LogP contribution in [0.5, 0.6) is 0 Å². The van der Waals surface area contributed by atoms with E-state index in [-0.39, 0.29) is 36.4 Å². The smallest absolute Gasteiger partial charge is 0.322 e. The van der Waals surface area contributed by atoms with Crippen molar-refractivity contribution in [3.8, 4) is 0 Å². The number of piperidine rings is 1. The van der Waals surface area contributed by atoms with Gasteiger partial charge in [-0.3, -0.25) is 9.69 Å². The van der Waals surface area contributed by atoms with E-state index >= 15 is 0 Å². The molecule has 3 N–H and O–H groups in total. The Balaban J connectivity index is 0.00000225. The number of carbonyl (C=O) groups excluding carboxylic acids is 2. The van der Waals surface area contributed by atoms with Crippen LogP contribution in [0.3, 0.4) is 0 Å². The molecular weight excluding hydrogens is 363 g/mol. The maximum absolute atomic E-state index is 13.0. The highest BCUT2D eigenvalue weighted by Crippen LogP contribution is 2.30. The number of likely N-dealkylation sites (tertiary alicyclic amines) is 1. The Hall–Kier alpha value is -1.50. The minimum Gasteiger partial charge on any atom is -0.336 e. The molecule has 2 aliphatic heterocycles. The van der Waals surface area contributed by atoms with Crippen LogP contribution in [0.1, 0.15) is 36.5 Å². The van der Waals surface area contributed by atoms with Gasteiger partial charge in [-0.05, 0) is 44.4 Å². The summed E-state index contributed by atoms with van der Waals surface area (Å²) in [7, 11) is 0. The molecule has 6 nitrogen and oxygen atoms in total. The molecule has 2 saturated heterocycles. The highest BCUT2D eigenvalue weighted by molar-refractivity contribution is 6.34. The molecule has 3 rings (SSSR count). The summed E-state index contributed by atoms with van der Waals surface area (Å²) >= 11 is 6.24. The molecule has 2 aliphatic rings. The number of urea groups is 1. The Morgan fingerprint density at radius 2 is 2.12 bits per heavy atom. The first-order valence-electron chi connectivity index (χ1n) is 8.40. The van der Waals surface area contributed by atoms with Crippen LogP contribution < -0.4 is 16.0 Å². The van der Waals surface area contributed by atoms with E-state index in [0.29, 0.717) is 35.9 Å². The fourth-order valence-electron chi connectivity index (χ4n) is 3.48. The number of hydrogen-bond acceptors (Lipinski definition) is 3. The van der Waals surface area contributed by atoms with Crippen LogP contribution in [0.2, 0.25) is 5.02 Å². The minimum atomic E-state index is -0.187. The molecule has 138 valence electrons. The highest BCUT2D eigenvalue weighted by atomic mass is 35.5. The van der Waals surface area contributed by atoms with Crippen molar-refractivity contribution in [3.63, 3.8) is 0 Å².